The summed E-state index contributed by atoms with van der Waals surface area (Å²) in [5.74, 6) is 0.0496. The van der Waals surface area contributed by atoms with Crippen molar-refractivity contribution in [1.82, 2.24) is 19.8 Å². The molecule has 2 amide bonds. The first-order valence-corrected chi connectivity index (χ1v) is 8.72. The van der Waals surface area contributed by atoms with Crippen molar-refractivity contribution in [2.45, 2.75) is 32.1 Å². The van der Waals surface area contributed by atoms with Crippen LogP contribution in [-0.2, 0) is 20.7 Å². The Morgan fingerprint density at radius 1 is 1.36 bits per heavy atom. The Morgan fingerprint density at radius 2 is 2.16 bits per heavy atom. The van der Waals surface area contributed by atoms with Gasteiger partial charge in [-0.1, -0.05) is 0 Å². The van der Waals surface area contributed by atoms with Crippen molar-refractivity contribution in [3.05, 3.63) is 24.3 Å². The van der Waals surface area contributed by atoms with Crippen LogP contribution in [0, 0.1) is 5.41 Å². The number of rotatable bonds is 7. The molecule has 7 heteroatoms. The number of aryl methyl sites for hydroxylation is 1. The van der Waals surface area contributed by atoms with Gasteiger partial charge in [-0.15, -0.1) is 0 Å². The van der Waals surface area contributed by atoms with E-state index < -0.39 is 5.41 Å². The summed E-state index contributed by atoms with van der Waals surface area (Å²) >= 11 is 0. The lowest BCUT2D eigenvalue weighted by atomic mass is 9.74. The number of ether oxygens (including phenoxy) is 1. The minimum Gasteiger partial charge on any atom is -0.375 e. The molecule has 138 valence electrons. The van der Waals surface area contributed by atoms with E-state index in [9.17, 15) is 9.59 Å². The standard InChI is InChI=1S/C18H28N4O3/c1-21(2)17(24)18(7-4-6-15-12-19-9-10-20-15)8-5-11-22(14-18)16(23)13-25-3/h9-10,12H,4-8,11,13-14H2,1-3H3. The van der Waals surface area contributed by atoms with Crippen LogP contribution in [0.2, 0.25) is 0 Å². The number of hydrogen-bond acceptors (Lipinski definition) is 5. The third kappa shape index (κ3) is 4.98. The second-order valence-corrected chi connectivity index (χ2v) is 6.88. The second kappa shape index (κ2) is 8.89. The van der Waals surface area contributed by atoms with Crippen molar-refractivity contribution >= 4 is 11.8 Å². The van der Waals surface area contributed by atoms with E-state index in [-0.39, 0.29) is 18.4 Å². The number of piperidine rings is 1. The zero-order valence-electron chi connectivity index (χ0n) is 15.4. The van der Waals surface area contributed by atoms with Gasteiger partial charge in [-0.05, 0) is 32.1 Å². The zero-order chi connectivity index (χ0) is 18.3. The number of carbonyl (C=O) groups is 2. The molecule has 1 aliphatic heterocycles. The van der Waals surface area contributed by atoms with Crippen LogP contribution < -0.4 is 0 Å². The fourth-order valence-corrected chi connectivity index (χ4v) is 3.59. The average molecular weight is 348 g/mol. The predicted molar refractivity (Wildman–Crippen MR) is 93.8 cm³/mol. The summed E-state index contributed by atoms with van der Waals surface area (Å²) in [6.45, 7) is 1.22. The molecule has 0 spiro atoms. The van der Waals surface area contributed by atoms with E-state index in [1.54, 1.807) is 42.5 Å². The van der Waals surface area contributed by atoms with Crippen LogP contribution in [0.5, 0.6) is 0 Å². The smallest absolute Gasteiger partial charge is 0.248 e. The second-order valence-electron chi connectivity index (χ2n) is 6.88. The number of methoxy groups -OCH3 is 1. The minimum atomic E-state index is -0.520. The van der Waals surface area contributed by atoms with Crippen molar-refractivity contribution in [3.8, 4) is 0 Å². The SMILES string of the molecule is COCC(=O)N1CCCC(CCCc2cnccn2)(C(=O)N(C)C)C1. The van der Waals surface area contributed by atoms with Gasteiger partial charge in [0.15, 0.2) is 0 Å². The minimum absolute atomic E-state index is 0.0490. The molecule has 0 N–H and O–H groups in total. The largest absolute Gasteiger partial charge is 0.375 e. The number of amides is 2. The molecule has 25 heavy (non-hydrogen) atoms. The van der Waals surface area contributed by atoms with Crippen molar-refractivity contribution in [2.24, 2.45) is 5.41 Å². The molecule has 0 bridgehead atoms. The Bertz CT molecular complexity index is 579. The Kier molecular flexibility index (Phi) is 6.87. The Hall–Kier alpha value is -2.02. The van der Waals surface area contributed by atoms with Crippen LogP contribution in [0.1, 0.15) is 31.4 Å². The highest BCUT2D eigenvalue weighted by molar-refractivity contribution is 5.84. The molecule has 0 aliphatic carbocycles. The summed E-state index contributed by atoms with van der Waals surface area (Å²) in [5, 5.41) is 0. The average Bonchev–Trinajstić information content (AvgIpc) is 2.62. The molecule has 1 aromatic heterocycles. The topological polar surface area (TPSA) is 75.6 Å². The van der Waals surface area contributed by atoms with Crippen LogP contribution >= 0.6 is 0 Å². The highest BCUT2D eigenvalue weighted by Crippen LogP contribution is 2.36. The molecule has 0 saturated carbocycles. The number of likely N-dealkylation sites (tertiary alicyclic amines) is 1. The van der Waals surface area contributed by atoms with Crippen molar-refractivity contribution in [3.63, 3.8) is 0 Å². The molecular weight excluding hydrogens is 320 g/mol. The molecule has 1 aromatic rings. The number of aromatic nitrogens is 2. The van der Waals surface area contributed by atoms with Crippen LogP contribution in [0.4, 0.5) is 0 Å². The summed E-state index contributed by atoms with van der Waals surface area (Å²) in [6.07, 6.45) is 9.09. The fraction of sp³-hybridized carbons (Fsp3) is 0.667. The monoisotopic (exact) mass is 348 g/mol. The van der Waals surface area contributed by atoms with Gasteiger partial charge in [-0.25, -0.2) is 0 Å². The summed E-state index contributed by atoms with van der Waals surface area (Å²) in [6, 6.07) is 0. The molecule has 2 rings (SSSR count). The first-order chi connectivity index (χ1) is 12.0. The molecule has 0 radical (unpaired) electrons. The van der Waals surface area contributed by atoms with Gasteiger partial charge >= 0.3 is 0 Å². The summed E-state index contributed by atoms with van der Waals surface area (Å²) in [5.41, 5.74) is 0.408. The van der Waals surface area contributed by atoms with E-state index in [1.807, 2.05) is 0 Å². The first-order valence-electron chi connectivity index (χ1n) is 8.72. The molecule has 1 atom stereocenters. The lowest BCUT2D eigenvalue weighted by Gasteiger charge is -2.43. The van der Waals surface area contributed by atoms with E-state index in [2.05, 4.69) is 9.97 Å². The Labute approximate surface area is 149 Å². The maximum Gasteiger partial charge on any atom is 0.248 e. The van der Waals surface area contributed by atoms with Crippen molar-refractivity contribution < 1.29 is 14.3 Å². The van der Waals surface area contributed by atoms with E-state index >= 15 is 0 Å². The van der Waals surface area contributed by atoms with Gasteiger partial charge in [0.25, 0.3) is 0 Å². The molecule has 1 aliphatic rings. The van der Waals surface area contributed by atoms with E-state index in [4.69, 9.17) is 4.74 Å². The van der Waals surface area contributed by atoms with Crippen LogP contribution in [-0.4, -0.2) is 72.5 Å². The normalized spacial score (nSPS) is 20.4. The van der Waals surface area contributed by atoms with Crippen LogP contribution in [0.3, 0.4) is 0 Å². The summed E-state index contributed by atoms with van der Waals surface area (Å²) in [7, 11) is 5.08. The zero-order valence-corrected chi connectivity index (χ0v) is 15.4. The first kappa shape index (κ1) is 19.3. The molecule has 1 fully saturated rings. The van der Waals surface area contributed by atoms with Gasteiger partial charge in [0.2, 0.25) is 11.8 Å². The molecule has 2 heterocycles. The molecule has 0 aromatic carbocycles. The Balaban J connectivity index is 2.08. The van der Waals surface area contributed by atoms with Gasteiger partial charge in [0, 0.05) is 52.9 Å². The van der Waals surface area contributed by atoms with Gasteiger partial charge in [0.1, 0.15) is 6.61 Å². The van der Waals surface area contributed by atoms with E-state index in [0.29, 0.717) is 13.1 Å². The van der Waals surface area contributed by atoms with Crippen molar-refractivity contribution in [2.75, 3.05) is 40.9 Å². The summed E-state index contributed by atoms with van der Waals surface area (Å²) in [4.78, 5) is 36.9. The van der Waals surface area contributed by atoms with Crippen LogP contribution in [0.25, 0.3) is 0 Å². The van der Waals surface area contributed by atoms with Gasteiger partial charge in [-0.3, -0.25) is 19.6 Å². The summed E-state index contributed by atoms with van der Waals surface area (Å²) < 4.78 is 4.97. The number of hydrogen-bond donors (Lipinski definition) is 0. The molecular formula is C18H28N4O3. The van der Waals surface area contributed by atoms with Gasteiger partial charge < -0.3 is 14.5 Å². The number of carbonyl (C=O) groups excluding carboxylic acids is 2. The third-order valence-electron chi connectivity index (χ3n) is 4.76. The highest BCUT2D eigenvalue weighted by atomic mass is 16.5. The number of nitrogens with zero attached hydrogens (tertiary/aromatic N) is 4. The lowest BCUT2D eigenvalue weighted by molar-refractivity contribution is -0.149. The molecule has 1 unspecified atom stereocenters. The predicted octanol–water partition coefficient (Wildman–Crippen LogP) is 1.14. The lowest BCUT2D eigenvalue weighted by Crippen LogP contribution is -2.53. The maximum absolute atomic E-state index is 12.9. The van der Waals surface area contributed by atoms with Crippen LogP contribution in [0.15, 0.2) is 18.6 Å². The van der Waals surface area contributed by atoms with Gasteiger partial charge in [-0.2, -0.15) is 0 Å². The molecule has 1 saturated heterocycles. The third-order valence-corrected chi connectivity index (χ3v) is 4.76. The quantitative estimate of drug-likeness (QED) is 0.739. The van der Waals surface area contributed by atoms with E-state index in [0.717, 1.165) is 37.8 Å². The molecule has 7 nitrogen and oxygen atoms in total. The Morgan fingerprint density at radius 3 is 2.80 bits per heavy atom. The van der Waals surface area contributed by atoms with Crippen molar-refractivity contribution in [1.29, 1.82) is 0 Å². The maximum atomic E-state index is 12.9. The highest BCUT2D eigenvalue weighted by Gasteiger charge is 2.43. The fourth-order valence-electron chi connectivity index (χ4n) is 3.59. The van der Waals surface area contributed by atoms with Gasteiger partial charge in [0.05, 0.1) is 11.1 Å². The van der Waals surface area contributed by atoms with E-state index in [1.165, 1.54) is 7.11 Å².